The molecule has 2 aromatic heterocycles. The van der Waals surface area contributed by atoms with Crippen LogP contribution in [0.15, 0.2) is 60.1 Å². The normalized spacial score (nSPS) is 18.6. The van der Waals surface area contributed by atoms with E-state index in [1.54, 1.807) is 31.5 Å². The summed E-state index contributed by atoms with van der Waals surface area (Å²) in [4.78, 5) is 39.7. The van der Waals surface area contributed by atoms with Crippen LogP contribution >= 0.6 is 11.3 Å². The van der Waals surface area contributed by atoms with E-state index in [1.165, 1.54) is 35.5 Å². The molecular formula is C26H26N4O3S. The molecule has 1 fully saturated rings. The summed E-state index contributed by atoms with van der Waals surface area (Å²) in [5, 5.41) is 11.7. The predicted octanol–water partition coefficient (Wildman–Crippen LogP) is 4.93. The summed E-state index contributed by atoms with van der Waals surface area (Å²) in [5.41, 5.74) is 3.11. The van der Waals surface area contributed by atoms with Crippen molar-refractivity contribution in [2.45, 2.75) is 39.2 Å². The van der Waals surface area contributed by atoms with Gasteiger partial charge in [-0.3, -0.25) is 19.5 Å². The first kappa shape index (κ1) is 22.3. The number of hydrogen-bond donors (Lipinski definition) is 1. The van der Waals surface area contributed by atoms with Crippen LogP contribution in [-0.4, -0.2) is 39.9 Å². The molecule has 7 nitrogen and oxygen atoms in total. The maximum absolute atomic E-state index is 13.6. The molecule has 0 bridgehead atoms. The minimum absolute atomic E-state index is 0.0723. The van der Waals surface area contributed by atoms with Crippen LogP contribution in [0.2, 0.25) is 0 Å². The number of anilines is 2. The third-order valence-corrected chi connectivity index (χ3v) is 7.51. The topological polar surface area (TPSA) is 86.6 Å². The number of nitrogens with zero attached hydrogens (tertiary/aromatic N) is 4. The van der Waals surface area contributed by atoms with Crippen LogP contribution in [-0.2, 0) is 4.79 Å². The van der Waals surface area contributed by atoms with Crippen LogP contribution in [0.5, 0.6) is 0 Å². The van der Waals surface area contributed by atoms with Gasteiger partial charge in [-0.15, -0.1) is 11.3 Å². The Kier molecular flexibility index (Phi) is 5.91. The predicted molar refractivity (Wildman–Crippen MR) is 133 cm³/mol. The molecule has 0 saturated carbocycles. The number of thiazole rings is 1. The molecule has 2 aliphatic heterocycles. The highest BCUT2D eigenvalue weighted by Gasteiger charge is 2.45. The summed E-state index contributed by atoms with van der Waals surface area (Å²) in [7, 11) is 0. The monoisotopic (exact) mass is 474 g/mol. The lowest BCUT2D eigenvalue weighted by Gasteiger charge is -2.30. The van der Waals surface area contributed by atoms with Crippen LogP contribution in [0.25, 0.3) is 0 Å². The Hall–Kier alpha value is -3.52. The number of carbonyl (C=O) groups excluding carboxylic acids is 2. The number of benzene rings is 1. The van der Waals surface area contributed by atoms with Crippen molar-refractivity contribution in [3.8, 4) is 0 Å². The smallest absolute Gasteiger partial charge is 0.294 e. The first-order valence-electron chi connectivity index (χ1n) is 11.5. The standard InChI is InChI=1S/C26H26N4O3S/c1-16-25(34-17(2)28-16)23(31)21-22(18-10-12-27-13-11-18)30(26(33)24(21)32)20-8-6-19(7-9-20)29-14-4-3-5-15-29/h6-13,22,32H,3-5,14-15H2,1-2H3. The molecule has 5 rings (SSSR count). The van der Waals surface area contributed by atoms with Gasteiger partial charge < -0.3 is 10.0 Å². The fourth-order valence-corrected chi connectivity index (χ4v) is 5.68. The van der Waals surface area contributed by atoms with E-state index in [0.717, 1.165) is 23.8 Å². The molecular weight excluding hydrogens is 448 g/mol. The van der Waals surface area contributed by atoms with Gasteiger partial charge in [0.15, 0.2) is 5.76 Å². The Bertz CT molecular complexity index is 1260. The van der Waals surface area contributed by atoms with Gasteiger partial charge in [-0.25, -0.2) is 4.98 Å². The zero-order valence-corrected chi connectivity index (χ0v) is 20.0. The highest BCUT2D eigenvalue weighted by Crippen LogP contribution is 2.43. The van der Waals surface area contributed by atoms with E-state index in [1.807, 2.05) is 31.2 Å². The Balaban J connectivity index is 1.55. The van der Waals surface area contributed by atoms with Gasteiger partial charge in [-0.05, 0) is 75.1 Å². The average molecular weight is 475 g/mol. The van der Waals surface area contributed by atoms with E-state index < -0.39 is 17.7 Å². The molecule has 0 radical (unpaired) electrons. The Morgan fingerprint density at radius 2 is 1.65 bits per heavy atom. The van der Waals surface area contributed by atoms with Crippen LogP contribution in [0.1, 0.15) is 51.2 Å². The first-order chi connectivity index (χ1) is 16.5. The maximum atomic E-state index is 13.6. The summed E-state index contributed by atoms with van der Waals surface area (Å²) < 4.78 is 0. The van der Waals surface area contributed by atoms with Crippen LogP contribution in [0.4, 0.5) is 11.4 Å². The number of pyridine rings is 1. The van der Waals surface area contributed by atoms with Gasteiger partial charge in [0.25, 0.3) is 5.91 Å². The zero-order valence-electron chi connectivity index (χ0n) is 19.2. The Labute approximate surface area is 202 Å². The van der Waals surface area contributed by atoms with Gasteiger partial charge in [-0.1, -0.05) is 0 Å². The lowest BCUT2D eigenvalue weighted by molar-refractivity contribution is -0.117. The molecule has 1 unspecified atom stereocenters. The molecule has 0 spiro atoms. The van der Waals surface area contributed by atoms with Gasteiger partial charge in [0.1, 0.15) is 0 Å². The number of Topliss-reactive ketones (excluding diaryl/α,β-unsaturated/α-hetero) is 1. The molecule has 1 atom stereocenters. The number of aliphatic hydroxyl groups excluding tert-OH is 1. The fourth-order valence-electron chi connectivity index (χ4n) is 4.81. The van der Waals surface area contributed by atoms with Gasteiger partial charge in [0, 0.05) is 36.9 Å². The van der Waals surface area contributed by atoms with E-state index >= 15 is 0 Å². The molecule has 1 aromatic carbocycles. The number of piperidine rings is 1. The minimum Gasteiger partial charge on any atom is -0.503 e. The molecule has 1 amide bonds. The number of carbonyl (C=O) groups is 2. The summed E-state index contributed by atoms with van der Waals surface area (Å²) in [5.74, 6) is -1.48. The number of amides is 1. The molecule has 174 valence electrons. The summed E-state index contributed by atoms with van der Waals surface area (Å²) in [6.45, 7) is 5.65. The van der Waals surface area contributed by atoms with Crippen molar-refractivity contribution in [1.29, 1.82) is 0 Å². The van der Waals surface area contributed by atoms with E-state index in [-0.39, 0.29) is 11.4 Å². The summed E-state index contributed by atoms with van der Waals surface area (Å²) in [6.07, 6.45) is 6.85. The average Bonchev–Trinajstić information content (AvgIpc) is 3.35. The maximum Gasteiger partial charge on any atom is 0.294 e. The Morgan fingerprint density at radius 1 is 1.00 bits per heavy atom. The van der Waals surface area contributed by atoms with Crippen molar-refractivity contribution >= 4 is 34.4 Å². The highest BCUT2D eigenvalue weighted by molar-refractivity contribution is 7.14. The number of hydrogen-bond acceptors (Lipinski definition) is 7. The first-order valence-corrected chi connectivity index (χ1v) is 12.3. The number of aryl methyl sites for hydroxylation is 2. The molecule has 0 aliphatic carbocycles. The molecule has 8 heteroatoms. The number of rotatable bonds is 5. The Morgan fingerprint density at radius 3 is 2.26 bits per heavy atom. The van der Waals surface area contributed by atoms with Gasteiger partial charge >= 0.3 is 0 Å². The van der Waals surface area contributed by atoms with Crippen LogP contribution in [0.3, 0.4) is 0 Å². The van der Waals surface area contributed by atoms with Crippen LogP contribution in [0, 0.1) is 13.8 Å². The second kappa shape index (κ2) is 9.02. The van der Waals surface area contributed by atoms with Gasteiger partial charge in [0.2, 0.25) is 5.78 Å². The van der Waals surface area contributed by atoms with E-state index in [9.17, 15) is 14.7 Å². The van der Waals surface area contributed by atoms with Gasteiger partial charge in [0.05, 0.1) is 27.2 Å². The summed E-state index contributed by atoms with van der Waals surface area (Å²) in [6, 6.07) is 10.6. The second-order valence-corrected chi connectivity index (χ2v) is 9.86. The van der Waals surface area contributed by atoms with Crippen molar-refractivity contribution in [1.82, 2.24) is 9.97 Å². The third-order valence-electron chi connectivity index (χ3n) is 6.43. The molecule has 34 heavy (non-hydrogen) atoms. The lowest BCUT2D eigenvalue weighted by Crippen LogP contribution is -2.31. The zero-order chi connectivity index (χ0) is 23.8. The van der Waals surface area contributed by atoms with Crippen LogP contribution < -0.4 is 9.80 Å². The molecule has 4 heterocycles. The van der Waals surface area contributed by atoms with E-state index in [4.69, 9.17) is 0 Å². The summed E-state index contributed by atoms with van der Waals surface area (Å²) >= 11 is 1.27. The molecule has 3 aromatic rings. The molecule has 1 N–H and O–H groups in total. The van der Waals surface area contributed by atoms with Gasteiger partial charge in [-0.2, -0.15) is 0 Å². The van der Waals surface area contributed by atoms with E-state index in [0.29, 0.717) is 21.8 Å². The number of aliphatic hydroxyl groups is 1. The van der Waals surface area contributed by atoms with Crippen molar-refractivity contribution in [3.05, 3.63) is 81.3 Å². The highest BCUT2D eigenvalue weighted by atomic mass is 32.1. The fraction of sp³-hybridized carbons (Fsp3) is 0.308. The number of aromatic nitrogens is 2. The van der Waals surface area contributed by atoms with E-state index in [2.05, 4.69) is 14.9 Å². The quantitative estimate of drug-likeness (QED) is 0.528. The van der Waals surface area contributed by atoms with Crippen molar-refractivity contribution < 1.29 is 14.7 Å². The largest absolute Gasteiger partial charge is 0.503 e. The minimum atomic E-state index is -0.759. The molecule has 1 saturated heterocycles. The van der Waals surface area contributed by atoms with Crippen molar-refractivity contribution in [2.75, 3.05) is 22.9 Å². The lowest BCUT2D eigenvalue weighted by atomic mass is 9.95. The third kappa shape index (κ3) is 3.88. The SMILES string of the molecule is Cc1nc(C)c(C(=O)C2=C(O)C(=O)N(c3ccc(N4CCCCC4)cc3)C2c2ccncc2)s1. The van der Waals surface area contributed by atoms with Crippen molar-refractivity contribution in [3.63, 3.8) is 0 Å². The molecule has 2 aliphatic rings. The van der Waals surface area contributed by atoms with Crippen molar-refractivity contribution in [2.24, 2.45) is 0 Å². The number of ketones is 1. The second-order valence-electron chi connectivity index (χ2n) is 8.66.